The predicted molar refractivity (Wildman–Crippen MR) is 39.8 cm³/mol. The van der Waals surface area contributed by atoms with Crippen LogP contribution in [-0.4, -0.2) is 11.6 Å². The van der Waals surface area contributed by atoms with E-state index in [9.17, 15) is 13.2 Å². The van der Waals surface area contributed by atoms with Gasteiger partial charge in [0, 0.05) is 6.07 Å². The molecule has 0 unspecified atom stereocenters. The molecule has 0 N–H and O–H groups in total. The van der Waals surface area contributed by atoms with E-state index in [0.29, 0.717) is 6.07 Å². The normalized spacial score (nSPS) is 9.77. The summed E-state index contributed by atoms with van der Waals surface area (Å²) in [4.78, 5) is 2.92. The van der Waals surface area contributed by atoms with Gasteiger partial charge < -0.3 is 4.74 Å². The smallest absolute Gasteiger partial charge is 0.253 e. The second-order valence-electron chi connectivity index (χ2n) is 2.15. The fourth-order valence-electron chi connectivity index (χ4n) is 0.668. The predicted octanol–water partition coefficient (Wildman–Crippen LogP) is 2.06. The Morgan fingerprint density at radius 2 is 2.08 bits per heavy atom. The van der Waals surface area contributed by atoms with Crippen molar-refractivity contribution in [3.63, 3.8) is 0 Å². The Labute approximate surface area is 72.7 Å². The molecule has 0 aliphatic heterocycles. The number of nitrogens with zero attached hydrogens (tertiary/aromatic N) is 1. The average molecular weight is 189 g/mol. The van der Waals surface area contributed by atoms with Gasteiger partial charge in [0.25, 0.3) is 11.8 Å². The molecule has 5 heteroatoms. The first-order valence-corrected chi connectivity index (χ1v) is 3.40. The van der Waals surface area contributed by atoms with Gasteiger partial charge in [-0.3, -0.25) is 0 Å². The van der Waals surface area contributed by atoms with Crippen molar-refractivity contribution in [2.24, 2.45) is 0 Å². The van der Waals surface area contributed by atoms with Gasteiger partial charge in [-0.25, -0.2) is 8.78 Å². The molecule has 0 aromatic carbocycles. The third-order valence-electron chi connectivity index (χ3n) is 1.19. The van der Waals surface area contributed by atoms with Gasteiger partial charge in [-0.2, -0.15) is 9.37 Å². The topological polar surface area (TPSA) is 22.1 Å². The van der Waals surface area contributed by atoms with Crippen molar-refractivity contribution >= 4 is 0 Å². The largest absolute Gasteiger partial charge is 0.471 e. The molecule has 0 saturated carbocycles. The summed E-state index contributed by atoms with van der Waals surface area (Å²) in [5.74, 6) is -4.34. The van der Waals surface area contributed by atoms with Gasteiger partial charge in [-0.05, 0) is 0 Å². The van der Waals surface area contributed by atoms with E-state index in [2.05, 4.69) is 16.3 Å². The Kier molecular flexibility index (Phi) is 2.89. The quantitative estimate of drug-likeness (QED) is 0.536. The Morgan fingerprint density at radius 3 is 2.69 bits per heavy atom. The van der Waals surface area contributed by atoms with Gasteiger partial charge in [-0.15, -0.1) is 0 Å². The summed E-state index contributed by atoms with van der Waals surface area (Å²) < 4.78 is 42.1. The molecule has 0 radical (unpaired) electrons. The minimum Gasteiger partial charge on any atom is -0.471 e. The molecule has 0 spiro atoms. The fraction of sp³-hybridized carbons (Fsp3) is 0.125. The summed E-state index contributed by atoms with van der Waals surface area (Å²) in [6, 6.07) is 0.376. The fourth-order valence-corrected chi connectivity index (χ4v) is 0.668. The van der Waals surface area contributed by atoms with Crippen molar-refractivity contribution in [1.82, 2.24) is 4.98 Å². The number of aromatic nitrogens is 1. The number of hydrogen-bond donors (Lipinski definition) is 0. The Balaban J connectivity index is 2.94. The third-order valence-corrected chi connectivity index (χ3v) is 1.19. The maximum atomic E-state index is 12.7. The molecule has 0 fully saturated rings. The second-order valence-corrected chi connectivity index (χ2v) is 2.15. The van der Waals surface area contributed by atoms with Crippen molar-refractivity contribution in [1.29, 1.82) is 0 Å². The van der Waals surface area contributed by atoms with E-state index in [-0.39, 0.29) is 6.61 Å². The van der Waals surface area contributed by atoms with Gasteiger partial charge >= 0.3 is 0 Å². The average Bonchev–Trinajstić information content (AvgIpc) is 2.09. The molecule has 0 aliphatic rings. The van der Waals surface area contributed by atoms with E-state index in [1.54, 1.807) is 0 Å². The molecule has 0 bridgehead atoms. The molecule has 2 nitrogen and oxygen atoms in total. The van der Waals surface area contributed by atoms with Gasteiger partial charge in [-0.1, -0.05) is 12.7 Å². The first-order valence-electron chi connectivity index (χ1n) is 3.40. The Hall–Kier alpha value is -1.52. The maximum absolute atomic E-state index is 12.7. The van der Waals surface area contributed by atoms with Crippen LogP contribution < -0.4 is 4.74 Å². The van der Waals surface area contributed by atoms with Crippen molar-refractivity contribution in [3.8, 4) is 5.88 Å². The van der Waals surface area contributed by atoms with Crippen LogP contribution in [-0.2, 0) is 0 Å². The van der Waals surface area contributed by atoms with Crippen molar-refractivity contribution in [3.05, 3.63) is 36.3 Å². The molecule has 1 aromatic heterocycles. The summed E-state index contributed by atoms with van der Waals surface area (Å²) in [5.41, 5.74) is 0. The lowest BCUT2D eigenvalue weighted by Crippen LogP contribution is -2.01. The first kappa shape index (κ1) is 9.57. The van der Waals surface area contributed by atoms with Crippen LogP contribution in [0.15, 0.2) is 18.7 Å². The highest BCUT2D eigenvalue weighted by Crippen LogP contribution is 2.16. The molecule has 0 amide bonds. The zero-order chi connectivity index (χ0) is 9.84. The summed E-state index contributed by atoms with van der Waals surface area (Å²) in [5, 5.41) is 0. The van der Waals surface area contributed by atoms with E-state index in [1.165, 1.54) is 6.08 Å². The van der Waals surface area contributed by atoms with Crippen LogP contribution in [0.25, 0.3) is 0 Å². The number of ether oxygens (including phenoxy) is 1. The zero-order valence-electron chi connectivity index (χ0n) is 6.56. The standard InChI is InChI=1S/C8H6F3NO/c1-2-3-13-8-6(10)4-5(9)7(11)12-8/h2,4H,1,3H2. The van der Waals surface area contributed by atoms with E-state index < -0.39 is 23.5 Å². The second kappa shape index (κ2) is 3.93. The number of pyridine rings is 1. The molecule has 70 valence electrons. The SMILES string of the molecule is C=CCOc1nc(F)c(F)cc1F. The monoisotopic (exact) mass is 189 g/mol. The number of rotatable bonds is 3. The van der Waals surface area contributed by atoms with Crippen LogP contribution >= 0.6 is 0 Å². The molecule has 1 aromatic rings. The molecule has 1 heterocycles. The van der Waals surface area contributed by atoms with Crippen molar-refractivity contribution < 1.29 is 17.9 Å². The van der Waals surface area contributed by atoms with Crippen molar-refractivity contribution in [2.75, 3.05) is 6.61 Å². The maximum Gasteiger partial charge on any atom is 0.253 e. The molecule has 0 aliphatic carbocycles. The van der Waals surface area contributed by atoms with Crippen LogP contribution in [0.2, 0.25) is 0 Å². The molecule has 0 atom stereocenters. The first-order chi connectivity index (χ1) is 6.15. The Morgan fingerprint density at radius 1 is 1.38 bits per heavy atom. The summed E-state index contributed by atoms with van der Waals surface area (Å²) in [7, 11) is 0. The minimum absolute atomic E-state index is 0.0189. The molecule has 13 heavy (non-hydrogen) atoms. The highest BCUT2D eigenvalue weighted by atomic mass is 19.2. The number of halogens is 3. The third kappa shape index (κ3) is 2.21. The van der Waals surface area contributed by atoms with Crippen molar-refractivity contribution in [2.45, 2.75) is 0 Å². The molecular formula is C8H6F3NO. The van der Waals surface area contributed by atoms with Crippen LogP contribution in [0.1, 0.15) is 0 Å². The van der Waals surface area contributed by atoms with Gasteiger partial charge in [0.1, 0.15) is 6.61 Å². The highest BCUT2D eigenvalue weighted by Gasteiger charge is 2.11. The van der Waals surface area contributed by atoms with Gasteiger partial charge in [0.2, 0.25) is 0 Å². The molecule has 1 rings (SSSR count). The van der Waals surface area contributed by atoms with Gasteiger partial charge in [0.05, 0.1) is 0 Å². The minimum atomic E-state index is -1.39. The van der Waals surface area contributed by atoms with E-state index in [0.717, 1.165) is 0 Å². The lowest BCUT2D eigenvalue weighted by Gasteiger charge is -2.02. The highest BCUT2D eigenvalue weighted by molar-refractivity contribution is 5.15. The molecule has 0 saturated heterocycles. The summed E-state index contributed by atoms with van der Waals surface area (Å²) in [6.45, 7) is 3.28. The van der Waals surface area contributed by atoms with Crippen LogP contribution in [0, 0.1) is 17.6 Å². The lowest BCUT2D eigenvalue weighted by molar-refractivity contribution is 0.313. The van der Waals surface area contributed by atoms with Gasteiger partial charge in [0.15, 0.2) is 11.6 Å². The van der Waals surface area contributed by atoms with Crippen LogP contribution in [0.4, 0.5) is 13.2 Å². The zero-order valence-corrected chi connectivity index (χ0v) is 6.56. The van der Waals surface area contributed by atoms with E-state index >= 15 is 0 Å². The van der Waals surface area contributed by atoms with Crippen LogP contribution in [0.5, 0.6) is 5.88 Å². The Bertz CT molecular complexity index is 327. The molecular weight excluding hydrogens is 183 g/mol. The lowest BCUT2D eigenvalue weighted by atomic mass is 10.4. The number of hydrogen-bond acceptors (Lipinski definition) is 2. The summed E-state index contributed by atoms with van der Waals surface area (Å²) in [6.07, 6.45) is 1.34. The van der Waals surface area contributed by atoms with Crippen LogP contribution in [0.3, 0.4) is 0 Å². The van der Waals surface area contributed by atoms with E-state index in [4.69, 9.17) is 0 Å². The summed E-state index contributed by atoms with van der Waals surface area (Å²) >= 11 is 0. The van der Waals surface area contributed by atoms with E-state index in [1.807, 2.05) is 0 Å².